The molecule has 0 unspecified atom stereocenters. The Hall–Kier alpha value is -1.20. The van der Waals surface area contributed by atoms with Crippen LogP contribution in [-0.2, 0) is 4.79 Å². The zero-order chi connectivity index (χ0) is 14.2. The van der Waals surface area contributed by atoms with Gasteiger partial charge in [-0.2, -0.15) is 0 Å². The van der Waals surface area contributed by atoms with Gasteiger partial charge >= 0.3 is 0 Å². The van der Waals surface area contributed by atoms with Gasteiger partial charge < -0.3 is 15.4 Å². The van der Waals surface area contributed by atoms with Crippen molar-refractivity contribution in [3.8, 4) is 5.75 Å². The van der Waals surface area contributed by atoms with Crippen molar-refractivity contribution < 1.29 is 9.53 Å². The highest BCUT2D eigenvalue weighted by molar-refractivity contribution is 7.99. The third-order valence-corrected chi connectivity index (χ3v) is 4.38. The van der Waals surface area contributed by atoms with E-state index in [1.807, 2.05) is 24.3 Å². The van der Waals surface area contributed by atoms with Crippen LogP contribution in [0.25, 0.3) is 0 Å². The van der Waals surface area contributed by atoms with Gasteiger partial charge in [0.2, 0.25) is 5.91 Å². The fourth-order valence-corrected chi connectivity index (χ4v) is 3.05. The first-order valence-corrected chi connectivity index (χ1v) is 8.03. The first-order valence-electron chi connectivity index (χ1n) is 7.05. The third-order valence-electron chi connectivity index (χ3n) is 3.36. The molecular weight excluding hydrogens is 272 g/mol. The number of carbonyl (C=O) groups is 1. The van der Waals surface area contributed by atoms with Gasteiger partial charge in [-0.25, -0.2) is 0 Å². The Bertz CT molecular complexity index is 416. The van der Waals surface area contributed by atoms with Crippen LogP contribution in [-0.4, -0.2) is 37.9 Å². The quantitative estimate of drug-likeness (QED) is 0.788. The highest BCUT2D eigenvalue weighted by Gasteiger charge is 2.14. The van der Waals surface area contributed by atoms with Crippen molar-refractivity contribution in [1.82, 2.24) is 10.6 Å². The summed E-state index contributed by atoms with van der Waals surface area (Å²) in [6.07, 6.45) is 2.65. The van der Waals surface area contributed by atoms with Crippen molar-refractivity contribution in [3.05, 3.63) is 24.3 Å². The largest absolute Gasteiger partial charge is 0.497 e. The standard InChI is InChI=1S/C15H22N2O2S/c1-19-13-2-4-14(5-3-13)20-11-8-15(18)17-12-6-9-16-10-7-12/h2-5,12,16H,6-11H2,1H3,(H,17,18). The maximum absolute atomic E-state index is 11.8. The third kappa shape index (κ3) is 5.06. The van der Waals surface area contributed by atoms with Crippen LogP contribution in [0.4, 0.5) is 0 Å². The summed E-state index contributed by atoms with van der Waals surface area (Å²) in [6, 6.07) is 8.28. The number of benzene rings is 1. The van der Waals surface area contributed by atoms with Crippen LogP contribution in [0.15, 0.2) is 29.2 Å². The summed E-state index contributed by atoms with van der Waals surface area (Å²) < 4.78 is 5.12. The van der Waals surface area contributed by atoms with Gasteiger partial charge in [-0.05, 0) is 50.2 Å². The molecule has 1 aliphatic heterocycles. The molecule has 1 aromatic rings. The summed E-state index contributed by atoms with van der Waals surface area (Å²) in [7, 11) is 1.66. The molecule has 20 heavy (non-hydrogen) atoms. The number of methoxy groups -OCH3 is 1. The molecule has 2 rings (SSSR count). The van der Waals surface area contributed by atoms with Crippen molar-refractivity contribution in [2.24, 2.45) is 0 Å². The molecule has 1 aliphatic rings. The maximum atomic E-state index is 11.8. The molecule has 4 nitrogen and oxygen atoms in total. The Balaban J connectivity index is 1.65. The van der Waals surface area contributed by atoms with E-state index < -0.39 is 0 Å². The second-order valence-electron chi connectivity index (χ2n) is 4.87. The Kier molecular flexibility index (Phi) is 6.21. The van der Waals surface area contributed by atoms with Crippen molar-refractivity contribution in [2.75, 3.05) is 26.0 Å². The van der Waals surface area contributed by atoms with E-state index in [2.05, 4.69) is 10.6 Å². The Morgan fingerprint density at radius 2 is 2.05 bits per heavy atom. The number of piperidine rings is 1. The molecule has 0 aromatic heterocycles. The molecule has 110 valence electrons. The molecule has 0 aliphatic carbocycles. The lowest BCUT2D eigenvalue weighted by Gasteiger charge is -2.23. The lowest BCUT2D eigenvalue weighted by molar-refractivity contribution is -0.121. The van der Waals surface area contributed by atoms with E-state index in [4.69, 9.17) is 4.74 Å². The second kappa shape index (κ2) is 8.17. The Labute approximate surface area is 124 Å². The SMILES string of the molecule is COc1ccc(SCCC(=O)NC2CCNCC2)cc1. The zero-order valence-corrected chi connectivity index (χ0v) is 12.7. The van der Waals surface area contributed by atoms with Gasteiger partial charge in [-0.15, -0.1) is 11.8 Å². The number of ether oxygens (including phenoxy) is 1. The van der Waals surface area contributed by atoms with Crippen LogP contribution in [0.5, 0.6) is 5.75 Å². The molecule has 0 spiro atoms. The average Bonchev–Trinajstić information content (AvgIpc) is 2.49. The van der Waals surface area contributed by atoms with Crippen LogP contribution in [0, 0.1) is 0 Å². The highest BCUT2D eigenvalue weighted by atomic mass is 32.2. The van der Waals surface area contributed by atoms with Crippen molar-refractivity contribution >= 4 is 17.7 Å². The summed E-state index contributed by atoms with van der Waals surface area (Å²) in [5.74, 6) is 1.83. The topological polar surface area (TPSA) is 50.4 Å². The molecule has 0 bridgehead atoms. The smallest absolute Gasteiger partial charge is 0.221 e. The van der Waals surface area contributed by atoms with Crippen LogP contribution < -0.4 is 15.4 Å². The number of carbonyl (C=O) groups excluding carboxylic acids is 1. The second-order valence-corrected chi connectivity index (χ2v) is 6.03. The van der Waals surface area contributed by atoms with Crippen LogP contribution in [0.1, 0.15) is 19.3 Å². The summed E-state index contributed by atoms with van der Waals surface area (Å²) >= 11 is 1.70. The predicted octanol–water partition coefficient (Wildman–Crippen LogP) is 2.05. The fourth-order valence-electron chi connectivity index (χ4n) is 2.20. The van der Waals surface area contributed by atoms with Crippen molar-refractivity contribution in [2.45, 2.75) is 30.2 Å². The van der Waals surface area contributed by atoms with Gasteiger partial charge in [-0.1, -0.05) is 0 Å². The lowest BCUT2D eigenvalue weighted by atomic mass is 10.1. The van der Waals surface area contributed by atoms with Gasteiger partial charge in [0.25, 0.3) is 0 Å². The number of nitrogens with one attached hydrogen (secondary N) is 2. The lowest BCUT2D eigenvalue weighted by Crippen LogP contribution is -2.42. The monoisotopic (exact) mass is 294 g/mol. The van der Waals surface area contributed by atoms with E-state index in [0.717, 1.165) is 37.4 Å². The van der Waals surface area contributed by atoms with Gasteiger partial charge in [0.1, 0.15) is 5.75 Å². The Morgan fingerprint density at radius 3 is 2.70 bits per heavy atom. The molecule has 0 atom stereocenters. The van der Waals surface area contributed by atoms with Crippen molar-refractivity contribution in [3.63, 3.8) is 0 Å². The molecule has 5 heteroatoms. The normalized spacial score (nSPS) is 15.8. The number of rotatable bonds is 6. The zero-order valence-electron chi connectivity index (χ0n) is 11.9. The minimum atomic E-state index is 0.165. The van der Waals surface area contributed by atoms with E-state index in [1.165, 1.54) is 4.90 Å². The maximum Gasteiger partial charge on any atom is 0.221 e. The molecule has 0 radical (unpaired) electrons. The van der Waals surface area contributed by atoms with Gasteiger partial charge in [-0.3, -0.25) is 4.79 Å². The molecule has 1 amide bonds. The minimum absolute atomic E-state index is 0.165. The predicted molar refractivity (Wildman–Crippen MR) is 82.4 cm³/mol. The first kappa shape index (κ1) is 15.2. The van der Waals surface area contributed by atoms with E-state index in [-0.39, 0.29) is 5.91 Å². The van der Waals surface area contributed by atoms with Crippen LogP contribution in [0.2, 0.25) is 0 Å². The molecule has 1 fully saturated rings. The molecule has 0 saturated carbocycles. The minimum Gasteiger partial charge on any atom is -0.497 e. The van der Waals surface area contributed by atoms with E-state index in [9.17, 15) is 4.79 Å². The van der Waals surface area contributed by atoms with E-state index >= 15 is 0 Å². The molecule has 2 N–H and O–H groups in total. The highest BCUT2D eigenvalue weighted by Crippen LogP contribution is 2.21. The summed E-state index contributed by atoms with van der Waals surface area (Å²) in [4.78, 5) is 13.0. The number of thioether (sulfide) groups is 1. The molecule has 1 heterocycles. The van der Waals surface area contributed by atoms with Crippen LogP contribution >= 0.6 is 11.8 Å². The Morgan fingerprint density at radius 1 is 1.35 bits per heavy atom. The van der Waals surface area contributed by atoms with Gasteiger partial charge in [0, 0.05) is 23.1 Å². The molecular formula is C15H22N2O2S. The number of hydrogen-bond acceptors (Lipinski definition) is 4. The average molecular weight is 294 g/mol. The molecule has 1 aromatic carbocycles. The van der Waals surface area contributed by atoms with Gasteiger partial charge in [0.15, 0.2) is 0 Å². The summed E-state index contributed by atoms with van der Waals surface area (Å²) in [5, 5.41) is 6.41. The number of hydrogen-bond donors (Lipinski definition) is 2. The van der Waals surface area contributed by atoms with Crippen molar-refractivity contribution in [1.29, 1.82) is 0 Å². The molecule has 1 saturated heterocycles. The van der Waals surface area contributed by atoms with E-state index in [0.29, 0.717) is 12.5 Å². The summed E-state index contributed by atoms with van der Waals surface area (Å²) in [5.41, 5.74) is 0. The number of amides is 1. The first-order chi connectivity index (χ1) is 9.78. The fraction of sp³-hybridized carbons (Fsp3) is 0.533. The summed E-state index contributed by atoms with van der Waals surface area (Å²) in [6.45, 7) is 2.01. The van der Waals surface area contributed by atoms with Crippen LogP contribution in [0.3, 0.4) is 0 Å². The van der Waals surface area contributed by atoms with E-state index in [1.54, 1.807) is 18.9 Å². The van der Waals surface area contributed by atoms with Gasteiger partial charge in [0.05, 0.1) is 7.11 Å².